The van der Waals surface area contributed by atoms with Crippen LogP contribution in [0.4, 0.5) is 11.4 Å². The molecule has 25 heavy (non-hydrogen) atoms. The SMILES string of the molecule is CCc1ccc(NC(=O)CN2CCN(c3c(C)n[nH]c3C)CC2)cc1. The first kappa shape index (κ1) is 17.5. The lowest BCUT2D eigenvalue weighted by atomic mass is 10.1. The smallest absolute Gasteiger partial charge is 0.238 e. The standard InChI is InChI=1S/C19H27N5O/c1-4-16-5-7-17(8-6-16)20-18(25)13-23-9-11-24(12-10-23)19-14(2)21-22-15(19)3/h5-8H,4,9-13H2,1-3H3,(H,20,25)(H,21,22). The molecule has 1 aliphatic rings. The van der Waals surface area contributed by atoms with Crippen molar-refractivity contribution in [3.05, 3.63) is 41.2 Å². The fourth-order valence-corrected chi connectivity index (χ4v) is 3.37. The Labute approximate surface area is 149 Å². The average molecular weight is 341 g/mol. The number of aromatic nitrogens is 2. The summed E-state index contributed by atoms with van der Waals surface area (Å²) < 4.78 is 0. The first-order valence-corrected chi connectivity index (χ1v) is 8.94. The summed E-state index contributed by atoms with van der Waals surface area (Å²) in [6.45, 7) is 10.2. The summed E-state index contributed by atoms with van der Waals surface area (Å²) in [6, 6.07) is 8.06. The van der Waals surface area contributed by atoms with E-state index in [1.165, 1.54) is 11.3 Å². The maximum absolute atomic E-state index is 12.3. The predicted octanol–water partition coefficient (Wildman–Crippen LogP) is 2.35. The van der Waals surface area contributed by atoms with E-state index in [0.717, 1.165) is 49.7 Å². The molecule has 1 fully saturated rings. The topological polar surface area (TPSA) is 64.3 Å². The van der Waals surface area contributed by atoms with Crippen LogP contribution in [-0.2, 0) is 11.2 Å². The highest BCUT2D eigenvalue weighted by Crippen LogP contribution is 2.23. The van der Waals surface area contributed by atoms with Gasteiger partial charge in [-0.2, -0.15) is 5.10 Å². The van der Waals surface area contributed by atoms with Crippen LogP contribution >= 0.6 is 0 Å². The van der Waals surface area contributed by atoms with Gasteiger partial charge in [-0.15, -0.1) is 0 Å². The lowest BCUT2D eigenvalue weighted by Gasteiger charge is -2.35. The van der Waals surface area contributed by atoms with Gasteiger partial charge in [-0.1, -0.05) is 19.1 Å². The van der Waals surface area contributed by atoms with Crippen molar-refractivity contribution >= 4 is 17.3 Å². The molecule has 1 aromatic heterocycles. The van der Waals surface area contributed by atoms with Crippen LogP contribution in [0.25, 0.3) is 0 Å². The molecule has 2 N–H and O–H groups in total. The Morgan fingerprint density at radius 3 is 2.40 bits per heavy atom. The lowest BCUT2D eigenvalue weighted by Crippen LogP contribution is -2.49. The Kier molecular flexibility index (Phi) is 5.38. The molecule has 134 valence electrons. The minimum Gasteiger partial charge on any atom is -0.366 e. The van der Waals surface area contributed by atoms with Crippen molar-refractivity contribution in [2.45, 2.75) is 27.2 Å². The number of aryl methyl sites for hydroxylation is 3. The molecule has 3 rings (SSSR count). The normalized spacial score (nSPS) is 15.4. The number of nitrogens with zero attached hydrogens (tertiary/aromatic N) is 3. The third-order valence-electron chi connectivity index (χ3n) is 4.79. The number of anilines is 2. The van der Waals surface area contributed by atoms with Crippen LogP contribution in [0.3, 0.4) is 0 Å². The summed E-state index contributed by atoms with van der Waals surface area (Å²) >= 11 is 0. The number of amides is 1. The van der Waals surface area contributed by atoms with Gasteiger partial charge < -0.3 is 10.2 Å². The van der Waals surface area contributed by atoms with Crippen LogP contribution in [-0.4, -0.2) is 53.7 Å². The zero-order chi connectivity index (χ0) is 17.8. The second kappa shape index (κ2) is 7.70. The molecule has 1 aromatic carbocycles. The molecule has 1 aliphatic heterocycles. The first-order valence-electron chi connectivity index (χ1n) is 8.94. The molecule has 6 nitrogen and oxygen atoms in total. The molecule has 0 spiro atoms. The Balaban J connectivity index is 1.49. The van der Waals surface area contributed by atoms with Gasteiger partial charge in [0.15, 0.2) is 0 Å². The van der Waals surface area contributed by atoms with E-state index in [-0.39, 0.29) is 5.91 Å². The third kappa shape index (κ3) is 4.20. The van der Waals surface area contributed by atoms with E-state index in [9.17, 15) is 4.79 Å². The number of carbonyl (C=O) groups excluding carboxylic acids is 1. The average Bonchev–Trinajstić information content (AvgIpc) is 2.95. The number of H-pyrrole nitrogens is 1. The maximum Gasteiger partial charge on any atom is 0.238 e. The number of hydrogen-bond donors (Lipinski definition) is 2. The van der Waals surface area contributed by atoms with Gasteiger partial charge in [0, 0.05) is 31.9 Å². The van der Waals surface area contributed by atoms with Crippen LogP contribution in [0.15, 0.2) is 24.3 Å². The molecule has 0 unspecified atom stereocenters. The van der Waals surface area contributed by atoms with E-state index < -0.39 is 0 Å². The van der Waals surface area contributed by atoms with Crippen LogP contribution < -0.4 is 10.2 Å². The van der Waals surface area contributed by atoms with Gasteiger partial charge >= 0.3 is 0 Å². The van der Waals surface area contributed by atoms with Gasteiger partial charge in [0.2, 0.25) is 5.91 Å². The maximum atomic E-state index is 12.3. The summed E-state index contributed by atoms with van der Waals surface area (Å²) in [5, 5.41) is 10.3. The Morgan fingerprint density at radius 1 is 1.16 bits per heavy atom. The summed E-state index contributed by atoms with van der Waals surface area (Å²) in [7, 11) is 0. The van der Waals surface area contributed by atoms with Gasteiger partial charge in [0.1, 0.15) is 0 Å². The molecule has 0 saturated carbocycles. The van der Waals surface area contributed by atoms with Crippen molar-refractivity contribution in [1.82, 2.24) is 15.1 Å². The van der Waals surface area contributed by atoms with Crippen LogP contribution in [0, 0.1) is 13.8 Å². The van der Waals surface area contributed by atoms with E-state index in [1.54, 1.807) is 0 Å². The van der Waals surface area contributed by atoms with E-state index in [4.69, 9.17) is 0 Å². The van der Waals surface area contributed by atoms with E-state index in [0.29, 0.717) is 6.54 Å². The summed E-state index contributed by atoms with van der Waals surface area (Å²) in [5.74, 6) is 0.0494. The van der Waals surface area contributed by atoms with E-state index in [2.05, 4.69) is 51.3 Å². The Bertz CT molecular complexity index is 694. The number of hydrogen-bond acceptors (Lipinski definition) is 4. The summed E-state index contributed by atoms with van der Waals surface area (Å²) in [6.07, 6.45) is 1.01. The molecule has 6 heteroatoms. The zero-order valence-corrected chi connectivity index (χ0v) is 15.3. The van der Waals surface area contributed by atoms with Crippen molar-refractivity contribution in [2.75, 3.05) is 42.9 Å². The van der Waals surface area contributed by atoms with Crippen molar-refractivity contribution in [3.8, 4) is 0 Å². The molecular formula is C19H27N5O. The van der Waals surface area contributed by atoms with Gasteiger partial charge in [-0.3, -0.25) is 14.8 Å². The fraction of sp³-hybridized carbons (Fsp3) is 0.474. The molecule has 0 aliphatic carbocycles. The number of piperazine rings is 1. The number of benzene rings is 1. The molecule has 1 amide bonds. The lowest BCUT2D eigenvalue weighted by molar-refractivity contribution is -0.117. The minimum atomic E-state index is 0.0494. The second-order valence-electron chi connectivity index (χ2n) is 6.64. The molecule has 2 heterocycles. The second-order valence-corrected chi connectivity index (χ2v) is 6.64. The number of rotatable bonds is 5. The monoisotopic (exact) mass is 341 g/mol. The quantitative estimate of drug-likeness (QED) is 0.876. The predicted molar refractivity (Wildman–Crippen MR) is 101 cm³/mol. The molecule has 1 saturated heterocycles. The van der Waals surface area contributed by atoms with Crippen LogP contribution in [0.5, 0.6) is 0 Å². The van der Waals surface area contributed by atoms with Gasteiger partial charge in [0.25, 0.3) is 0 Å². The third-order valence-corrected chi connectivity index (χ3v) is 4.79. The number of carbonyl (C=O) groups is 1. The molecule has 0 atom stereocenters. The summed E-state index contributed by atoms with van der Waals surface area (Å²) in [4.78, 5) is 16.8. The Morgan fingerprint density at radius 2 is 1.84 bits per heavy atom. The first-order chi connectivity index (χ1) is 12.1. The van der Waals surface area contributed by atoms with Crippen molar-refractivity contribution in [3.63, 3.8) is 0 Å². The van der Waals surface area contributed by atoms with Gasteiger partial charge in [-0.05, 0) is 38.0 Å². The Hall–Kier alpha value is -2.34. The van der Waals surface area contributed by atoms with Crippen molar-refractivity contribution in [2.24, 2.45) is 0 Å². The molecule has 0 radical (unpaired) electrons. The summed E-state index contributed by atoms with van der Waals surface area (Å²) in [5.41, 5.74) is 5.50. The molecule has 0 bridgehead atoms. The minimum absolute atomic E-state index is 0.0494. The zero-order valence-electron chi connectivity index (χ0n) is 15.3. The van der Waals surface area contributed by atoms with Crippen LogP contribution in [0.2, 0.25) is 0 Å². The van der Waals surface area contributed by atoms with Gasteiger partial charge in [0.05, 0.1) is 23.6 Å². The largest absolute Gasteiger partial charge is 0.366 e. The van der Waals surface area contributed by atoms with E-state index >= 15 is 0 Å². The van der Waals surface area contributed by atoms with E-state index in [1.807, 2.05) is 19.1 Å². The van der Waals surface area contributed by atoms with Gasteiger partial charge in [-0.25, -0.2) is 0 Å². The van der Waals surface area contributed by atoms with Crippen molar-refractivity contribution < 1.29 is 4.79 Å². The highest BCUT2D eigenvalue weighted by molar-refractivity contribution is 5.92. The van der Waals surface area contributed by atoms with Crippen LogP contribution in [0.1, 0.15) is 23.9 Å². The molecular weight excluding hydrogens is 314 g/mol. The number of nitrogens with one attached hydrogen (secondary N) is 2. The number of aromatic amines is 1. The highest BCUT2D eigenvalue weighted by Gasteiger charge is 2.22. The van der Waals surface area contributed by atoms with Crippen molar-refractivity contribution in [1.29, 1.82) is 0 Å². The molecule has 2 aromatic rings. The highest BCUT2D eigenvalue weighted by atomic mass is 16.2. The fourth-order valence-electron chi connectivity index (χ4n) is 3.37.